The molecule has 4 N–H and O–H groups in total. The van der Waals surface area contributed by atoms with E-state index in [1.54, 1.807) is 0 Å². The number of hydrogen-bond acceptors (Lipinski definition) is 6. The van der Waals surface area contributed by atoms with Crippen molar-refractivity contribution in [3.63, 3.8) is 0 Å². The van der Waals surface area contributed by atoms with E-state index in [4.69, 9.17) is 15.6 Å². The van der Waals surface area contributed by atoms with Crippen LogP contribution < -0.4 is 10.5 Å². The van der Waals surface area contributed by atoms with Gasteiger partial charge in [0.15, 0.2) is 6.10 Å². The molecule has 7 heteroatoms. The molecule has 2 atom stereocenters. The fourth-order valence-corrected chi connectivity index (χ4v) is 0.922. The monoisotopic (exact) mass is 213 g/mol. The molecule has 1 heterocycles. The molecule has 0 aliphatic rings. The first-order valence-electron chi connectivity index (χ1n) is 4.07. The van der Waals surface area contributed by atoms with Crippen molar-refractivity contribution in [1.82, 2.24) is 9.97 Å². The first-order chi connectivity index (χ1) is 7.06. The number of nitrogens with zero attached hydrogens (tertiary/aromatic N) is 2. The number of methoxy groups -OCH3 is 1. The molecule has 15 heavy (non-hydrogen) atoms. The van der Waals surface area contributed by atoms with Crippen molar-refractivity contribution in [3.05, 3.63) is 18.0 Å². The van der Waals surface area contributed by atoms with Gasteiger partial charge in [0.05, 0.1) is 7.11 Å². The number of carbonyl (C=O) groups is 1. The van der Waals surface area contributed by atoms with Crippen LogP contribution in [0.3, 0.4) is 0 Å². The quantitative estimate of drug-likeness (QED) is 0.552. The summed E-state index contributed by atoms with van der Waals surface area (Å²) in [6.45, 7) is 0. The van der Waals surface area contributed by atoms with E-state index < -0.39 is 18.1 Å². The van der Waals surface area contributed by atoms with Gasteiger partial charge in [0.2, 0.25) is 5.91 Å². The van der Waals surface area contributed by atoms with Crippen LogP contribution in [0, 0.1) is 0 Å². The minimum Gasteiger partial charge on any atom is -0.467 e. The van der Waals surface area contributed by atoms with E-state index >= 15 is 0 Å². The minimum atomic E-state index is -1.68. The maximum absolute atomic E-state index is 10.6. The molecule has 1 aromatic heterocycles. The Hall–Kier alpha value is -1.73. The summed E-state index contributed by atoms with van der Waals surface area (Å²) in [7, 11) is 1.39. The summed E-state index contributed by atoms with van der Waals surface area (Å²) in [5, 5.41) is 18.6. The lowest BCUT2D eigenvalue weighted by Crippen LogP contribution is -2.33. The van der Waals surface area contributed by atoms with Crippen molar-refractivity contribution in [2.24, 2.45) is 5.73 Å². The van der Waals surface area contributed by atoms with Crippen LogP contribution in [0.1, 0.15) is 11.7 Å². The molecular formula is C8H11N3O4. The average Bonchev–Trinajstić information content (AvgIpc) is 2.27. The van der Waals surface area contributed by atoms with Gasteiger partial charge in [0, 0.05) is 18.0 Å². The molecule has 0 radical (unpaired) electrons. The summed E-state index contributed by atoms with van der Waals surface area (Å²) < 4.78 is 4.70. The van der Waals surface area contributed by atoms with Gasteiger partial charge in [-0.3, -0.25) is 4.79 Å². The van der Waals surface area contributed by atoms with Gasteiger partial charge in [0.1, 0.15) is 6.10 Å². The number of nitrogens with two attached hydrogens (primary N) is 1. The smallest absolute Gasteiger partial charge is 0.316 e. The third-order valence-electron chi connectivity index (χ3n) is 1.76. The van der Waals surface area contributed by atoms with E-state index in [0.29, 0.717) is 0 Å². The number of aliphatic hydroxyl groups excluding tert-OH is 2. The fraction of sp³-hybridized carbons (Fsp3) is 0.375. The number of hydrogen-bond donors (Lipinski definition) is 3. The van der Waals surface area contributed by atoms with Crippen LogP contribution in [0.25, 0.3) is 0 Å². The molecule has 0 fully saturated rings. The van der Waals surface area contributed by atoms with Crippen molar-refractivity contribution in [2.45, 2.75) is 12.2 Å². The van der Waals surface area contributed by atoms with Crippen LogP contribution in [-0.2, 0) is 4.79 Å². The lowest BCUT2D eigenvalue weighted by molar-refractivity contribution is -0.132. The molecule has 0 aliphatic heterocycles. The molecule has 7 nitrogen and oxygen atoms in total. The highest BCUT2D eigenvalue weighted by Crippen LogP contribution is 2.15. The fourth-order valence-electron chi connectivity index (χ4n) is 0.922. The highest BCUT2D eigenvalue weighted by atomic mass is 16.5. The molecule has 82 valence electrons. The Bertz CT molecular complexity index is 340. The van der Waals surface area contributed by atoms with Crippen molar-refractivity contribution in [2.75, 3.05) is 7.11 Å². The third-order valence-corrected chi connectivity index (χ3v) is 1.76. The van der Waals surface area contributed by atoms with Gasteiger partial charge in [0.25, 0.3) is 0 Å². The highest BCUT2D eigenvalue weighted by molar-refractivity contribution is 5.79. The molecule has 0 saturated heterocycles. The van der Waals surface area contributed by atoms with Crippen LogP contribution in [-0.4, -0.2) is 39.3 Å². The first-order valence-corrected chi connectivity index (χ1v) is 4.07. The van der Waals surface area contributed by atoms with Crippen LogP contribution in [0.5, 0.6) is 6.01 Å². The Morgan fingerprint density at radius 2 is 2.00 bits per heavy atom. The number of carbonyl (C=O) groups excluding carboxylic acids is 1. The molecule has 1 amide bonds. The Labute approximate surface area is 85.5 Å². The number of ether oxygens (including phenoxy) is 1. The molecule has 0 aromatic carbocycles. The zero-order valence-corrected chi connectivity index (χ0v) is 7.99. The Morgan fingerprint density at radius 1 is 1.47 bits per heavy atom. The second kappa shape index (κ2) is 4.67. The summed E-state index contributed by atoms with van der Waals surface area (Å²) in [5.41, 5.74) is 5.00. The van der Waals surface area contributed by atoms with Crippen molar-refractivity contribution < 1.29 is 19.7 Å². The van der Waals surface area contributed by atoms with Gasteiger partial charge in [-0.25, -0.2) is 9.97 Å². The highest BCUT2D eigenvalue weighted by Gasteiger charge is 2.23. The van der Waals surface area contributed by atoms with E-state index in [-0.39, 0.29) is 11.6 Å². The Balaban J connectivity index is 2.82. The lowest BCUT2D eigenvalue weighted by Gasteiger charge is -2.14. The number of primary amides is 1. The zero-order valence-electron chi connectivity index (χ0n) is 7.99. The molecule has 0 saturated carbocycles. The summed E-state index contributed by atoms with van der Waals surface area (Å²) in [6, 6.07) is 0.125. The lowest BCUT2D eigenvalue weighted by atomic mass is 10.1. The van der Waals surface area contributed by atoms with E-state index in [2.05, 4.69) is 9.97 Å². The Morgan fingerprint density at radius 3 is 2.40 bits per heavy atom. The van der Waals surface area contributed by atoms with Gasteiger partial charge < -0.3 is 20.7 Å². The van der Waals surface area contributed by atoms with E-state index in [1.807, 2.05) is 0 Å². The maximum atomic E-state index is 10.6. The normalized spacial score (nSPS) is 14.3. The van der Waals surface area contributed by atoms with Gasteiger partial charge in [-0.2, -0.15) is 0 Å². The summed E-state index contributed by atoms with van der Waals surface area (Å²) in [4.78, 5) is 18.0. The van der Waals surface area contributed by atoms with Crippen LogP contribution >= 0.6 is 0 Å². The maximum Gasteiger partial charge on any atom is 0.316 e. The summed E-state index contributed by atoms with van der Waals surface area (Å²) in [6.07, 6.45) is -0.638. The molecule has 0 bridgehead atoms. The van der Waals surface area contributed by atoms with Gasteiger partial charge in [-0.15, -0.1) is 0 Å². The molecule has 1 rings (SSSR count). The number of aromatic nitrogens is 2. The van der Waals surface area contributed by atoms with Gasteiger partial charge in [-0.05, 0) is 0 Å². The number of aliphatic hydroxyl groups is 2. The van der Waals surface area contributed by atoms with E-state index in [9.17, 15) is 9.90 Å². The van der Waals surface area contributed by atoms with Crippen molar-refractivity contribution in [3.8, 4) is 6.01 Å². The SMILES string of the molecule is COc1ncc(C(O)C(O)C(N)=O)cn1. The molecule has 0 spiro atoms. The third kappa shape index (κ3) is 2.61. The predicted molar refractivity (Wildman–Crippen MR) is 48.7 cm³/mol. The summed E-state index contributed by atoms with van der Waals surface area (Å²) >= 11 is 0. The first kappa shape index (κ1) is 11.3. The van der Waals surface area contributed by atoms with Crippen LogP contribution in [0.4, 0.5) is 0 Å². The minimum absolute atomic E-state index is 0.125. The number of amides is 1. The molecule has 1 aromatic rings. The van der Waals surface area contributed by atoms with Crippen LogP contribution in [0.15, 0.2) is 12.4 Å². The standard InChI is InChI=1S/C8H11N3O4/c1-15-8-10-2-4(3-11-8)5(12)6(13)7(9)14/h2-3,5-6,12-13H,1H3,(H2,9,14). The zero-order chi connectivity index (χ0) is 11.4. The largest absolute Gasteiger partial charge is 0.467 e. The van der Waals surface area contributed by atoms with Crippen molar-refractivity contribution in [1.29, 1.82) is 0 Å². The van der Waals surface area contributed by atoms with Gasteiger partial charge in [-0.1, -0.05) is 0 Å². The van der Waals surface area contributed by atoms with E-state index in [1.165, 1.54) is 19.5 Å². The molecule has 0 aliphatic carbocycles. The second-order valence-corrected chi connectivity index (χ2v) is 2.80. The average molecular weight is 213 g/mol. The molecule has 2 unspecified atom stereocenters. The summed E-state index contributed by atoms with van der Waals surface area (Å²) in [5.74, 6) is -1.02. The molecular weight excluding hydrogens is 202 g/mol. The topological polar surface area (TPSA) is 119 Å². The van der Waals surface area contributed by atoms with Crippen molar-refractivity contribution >= 4 is 5.91 Å². The van der Waals surface area contributed by atoms with Crippen LogP contribution in [0.2, 0.25) is 0 Å². The van der Waals surface area contributed by atoms with E-state index in [0.717, 1.165) is 0 Å². The second-order valence-electron chi connectivity index (χ2n) is 2.80. The predicted octanol–water partition coefficient (Wildman–Crippen LogP) is -1.64. The number of rotatable bonds is 4. The Kier molecular flexibility index (Phi) is 3.53. The van der Waals surface area contributed by atoms with Gasteiger partial charge >= 0.3 is 6.01 Å².